The molecule has 1 aromatic carbocycles. The average molecular weight is 506 g/mol. The number of likely N-dealkylation sites (N-methyl/N-ethyl adjacent to an activating group) is 1. The van der Waals surface area contributed by atoms with Crippen LogP contribution in [-0.2, 0) is 10.3 Å². The molecule has 1 saturated carbocycles. The van der Waals surface area contributed by atoms with Crippen LogP contribution in [0.15, 0.2) is 18.2 Å². The molecule has 3 N–H and O–H groups in total. The number of aliphatic hydroxyl groups is 1. The minimum Gasteiger partial charge on any atom is -0.385 e. The zero-order valence-electron chi connectivity index (χ0n) is 22.7. The molecule has 0 spiro atoms. The monoisotopic (exact) mass is 505 g/mol. The lowest BCUT2D eigenvalue weighted by molar-refractivity contribution is -0.0570. The third-order valence-corrected chi connectivity index (χ3v) is 8.40. The Morgan fingerprint density at radius 3 is 2.72 bits per heavy atom. The fourth-order valence-corrected chi connectivity index (χ4v) is 6.36. The quantitative estimate of drug-likeness (QED) is 0.345. The third kappa shape index (κ3) is 7.65. The van der Waals surface area contributed by atoms with Gasteiger partial charge in [0.05, 0.1) is 5.60 Å². The zero-order chi connectivity index (χ0) is 26.0. The maximum Gasteiger partial charge on any atom is 0.317 e. The van der Waals surface area contributed by atoms with Crippen molar-refractivity contribution in [1.82, 2.24) is 15.5 Å². The molecule has 204 valence electrons. The first-order valence-corrected chi connectivity index (χ1v) is 14.1. The summed E-state index contributed by atoms with van der Waals surface area (Å²) in [6, 6.07) is 5.02. The Bertz CT molecular complexity index is 817. The molecule has 2 aliphatic rings. The number of urea groups is 1. The Hall–Kier alpha value is -1.70. The van der Waals surface area contributed by atoms with Gasteiger partial charge in [-0.3, -0.25) is 0 Å². The molecule has 3 unspecified atom stereocenters. The number of unbranched alkanes of at least 4 members (excludes halogenated alkanes) is 1. The van der Waals surface area contributed by atoms with Crippen molar-refractivity contribution in [3.8, 4) is 0 Å². The summed E-state index contributed by atoms with van der Waals surface area (Å²) in [6.07, 6.45) is 11.2. The first kappa shape index (κ1) is 28.9. The van der Waals surface area contributed by atoms with E-state index < -0.39 is 5.60 Å². The van der Waals surface area contributed by atoms with Crippen molar-refractivity contribution in [2.75, 3.05) is 40.4 Å². The SMILES string of the molecule is CNCC(CC1CCCCC1)NC(=O)N1CCCC(C(O)(CCCCOC)c2cccc(F)c2C)C1. The number of ether oxygens (including phenoxy) is 1. The van der Waals surface area contributed by atoms with Crippen LogP contribution < -0.4 is 10.6 Å². The van der Waals surface area contributed by atoms with Gasteiger partial charge in [-0.15, -0.1) is 0 Å². The number of benzene rings is 1. The number of methoxy groups -OCH3 is 1. The number of carbonyl (C=O) groups excluding carboxylic acids is 1. The number of halogens is 1. The Labute approximate surface area is 217 Å². The Morgan fingerprint density at radius 1 is 1.22 bits per heavy atom. The van der Waals surface area contributed by atoms with Crippen LogP contribution in [0.2, 0.25) is 0 Å². The number of rotatable bonds is 12. The molecule has 1 heterocycles. The van der Waals surface area contributed by atoms with E-state index in [1.165, 1.54) is 38.2 Å². The summed E-state index contributed by atoms with van der Waals surface area (Å²) in [5, 5.41) is 18.7. The highest BCUT2D eigenvalue weighted by Gasteiger charge is 2.42. The summed E-state index contributed by atoms with van der Waals surface area (Å²) < 4.78 is 19.7. The van der Waals surface area contributed by atoms with Crippen LogP contribution in [0.3, 0.4) is 0 Å². The van der Waals surface area contributed by atoms with E-state index >= 15 is 0 Å². The van der Waals surface area contributed by atoms with Crippen molar-refractivity contribution >= 4 is 6.03 Å². The molecule has 6 nitrogen and oxygen atoms in total. The van der Waals surface area contributed by atoms with E-state index in [4.69, 9.17) is 4.74 Å². The zero-order valence-corrected chi connectivity index (χ0v) is 22.7. The smallest absolute Gasteiger partial charge is 0.317 e. The molecule has 0 radical (unpaired) electrons. The highest BCUT2D eigenvalue weighted by atomic mass is 19.1. The molecule has 2 amide bonds. The van der Waals surface area contributed by atoms with Gasteiger partial charge in [0.15, 0.2) is 0 Å². The lowest BCUT2D eigenvalue weighted by Crippen LogP contribution is -2.54. The van der Waals surface area contributed by atoms with Crippen molar-refractivity contribution in [3.63, 3.8) is 0 Å². The molecule has 7 heteroatoms. The molecule has 0 bridgehead atoms. The van der Waals surface area contributed by atoms with Gasteiger partial charge in [-0.1, -0.05) is 44.2 Å². The molecule has 1 aromatic rings. The van der Waals surface area contributed by atoms with Gasteiger partial charge in [0.25, 0.3) is 0 Å². The summed E-state index contributed by atoms with van der Waals surface area (Å²) in [5.74, 6) is 0.228. The highest BCUT2D eigenvalue weighted by molar-refractivity contribution is 5.74. The number of hydrogen-bond donors (Lipinski definition) is 3. The van der Waals surface area contributed by atoms with E-state index in [1.807, 2.05) is 18.0 Å². The summed E-state index contributed by atoms with van der Waals surface area (Å²) in [7, 11) is 3.61. The highest BCUT2D eigenvalue weighted by Crippen LogP contribution is 2.41. The van der Waals surface area contributed by atoms with Gasteiger partial charge in [-0.25, -0.2) is 9.18 Å². The predicted molar refractivity (Wildman–Crippen MR) is 142 cm³/mol. The second-order valence-electron chi connectivity index (χ2n) is 11.0. The number of carbonyl (C=O) groups is 1. The molecule has 1 saturated heterocycles. The van der Waals surface area contributed by atoms with Gasteiger partial charge in [0.1, 0.15) is 5.82 Å². The van der Waals surface area contributed by atoms with Crippen molar-refractivity contribution in [2.45, 2.75) is 89.2 Å². The van der Waals surface area contributed by atoms with E-state index in [0.717, 1.165) is 38.6 Å². The predicted octanol–water partition coefficient (Wildman–Crippen LogP) is 5.12. The molecule has 1 aliphatic carbocycles. The van der Waals surface area contributed by atoms with Crippen LogP contribution in [0.4, 0.5) is 9.18 Å². The van der Waals surface area contributed by atoms with Crippen LogP contribution in [0, 0.1) is 24.6 Å². The maximum atomic E-state index is 14.5. The normalized spacial score (nSPS) is 21.7. The average Bonchev–Trinajstić information content (AvgIpc) is 2.89. The van der Waals surface area contributed by atoms with Gasteiger partial charge >= 0.3 is 6.03 Å². The molecular formula is C29H48FN3O3. The van der Waals surface area contributed by atoms with Gasteiger partial charge in [0.2, 0.25) is 0 Å². The lowest BCUT2D eigenvalue weighted by Gasteiger charge is -2.43. The van der Waals surface area contributed by atoms with Crippen LogP contribution in [-0.4, -0.2) is 62.5 Å². The molecular weight excluding hydrogens is 457 g/mol. The summed E-state index contributed by atoms with van der Waals surface area (Å²) in [6.45, 7) is 4.28. The second kappa shape index (κ2) is 14.3. The van der Waals surface area contributed by atoms with Gasteiger partial charge in [-0.05, 0) is 75.6 Å². The van der Waals surface area contributed by atoms with Gasteiger partial charge < -0.3 is 25.4 Å². The Balaban J connectivity index is 1.72. The van der Waals surface area contributed by atoms with E-state index in [9.17, 15) is 14.3 Å². The van der Waals surface area contributed by atoms with E-state index in [1.54, 1.807) is 20.1 Å². The standard InChI is InChI=1S/C29H48FN3O3/c1-22-26(14-9-15-27(22)30)29(35,16-7-8-18-36-3)24-13-10-17-33(21-24)28(34)32-25(20-31-2)19-23-11-5-4-6-12-23/h9,14-15,23-25,31,35H,4-8,10-13,16-21H2,1-3H3,(H,32,34). The van der Waals surface area contributed by atoms with E-state index in [-0.39, 0.29) is 23.8 Å². The summed E-state index contributed by atoms with van der Waals surface area (Å²) in [4.78, 5) is 15.3. The topological polar surface area (TPSA) is 73.8 Å². The summed E-state index contributed by atoms with van der Waals surface area (Å²) in [5.41, 5.74) is -0.0434. The lowest BCUT2D eigenvalue weighted by atomic mass is 9.73. The minimum atomic E-state index is -1.19. The van der Waals surface area contributed by atoms with Gasteiger partial charge in [0, 0.05) is 45.3 Å². The molecule has 3 rings (SSSR count). The second-order valence-corrected chi connectivity index (χ2v) is 11.0. The Morgan fingerprint density at radius 2 is 2.00 bits per heavy atom. The minimum absolute atomic E-state index is 0.0477. The van der Waals surface area contributed by atoms with E-state index in [2.05, 4.69) is 10.6 Å². The van der Waals surface area contributed by atoms with Crippen LogP contribution in [0.25, 0.3) is 0 Å². The number of amides is 2. The first-order valence-electron chi connectivity index (χ1n) is 14.1. The van der Waals surface area contributed by atoms with Crippen molar-refractivity contribution in [3.05, 3.63) is 35.1 Å². The third-order valence-electron chi connectivity index (χ3n) is 8.40. The number of nitrogens with zero attached hydrogens (tertiary/aromatic N) is 1. The number of piperidine rings is 1. The summed E-state index contributed by atoms with van der Waals surface area (Å²) >= 11 is 0. The first-order chi connectivity index (χ1) is 17.4. The maximum absolute atomic E-state index is 14.5. The van der Waals surface area contributed by atoms with Crippen molar-refractivity contribution < 1.29 is 19.0 Å². The van der Waals surface area contributed by atoms with Crippen LogP contribution >= 0.6 is 0 Å². The molecule has 3 atom stereocenters. The van der Waals surface area contributed by atoms with Crippen molar-refractivity contribution in [2.24, 2.45) is 11.8 Å². The molecule has 0 aromatic heterocycles. The largest absolute Gasteiger partial charge is 0.385 e. The number of hydrogen-bond acceptors (Lipinski definition) is 4. The fourth-order valence-electron chi connectivity index (χ4n) is 6.36. The Kier molecular flexibility index (Phi) is 11.5. The molecule has 1 aliphatic heterocycles. The molecule has 2 fully saturated rings. The number of likely N-dealkylation sites (tertiary alicyclic amines) is 1. The van der Waals surface area contributed by atoms with Crippen LogP contribution in [0.5, 0.6) is 0 Å². The number of nitrogens with one attached hydrogen (secondary N) is 2. The van der Waals surface area contributed by atoms with Gasteiger partial charge in [-0.2, -0.15) is 0 Å². The van der Waals surface area contributed by atoms with Crippen molar-refractivity contribution in [1.29, 1.82) is 0 Å². The molecule has 36 heavy (non-hydrogen) atoms. The van der Waals surface area contributed by atoms with E-state index in [0.29, 0.717) is 43.2 Å². The van der Waals surface area contributed by atoms with Crippen LogP contribution in [0.1, 0.15) is 81.8 Å². The fraction of sp³-hybridized carbons (Fsp3) is 0.759.